The highest BCUT2D eigenvalue weighted by molar-refractivity contribution is 5.93. The molecular formula is C20H23FN2O4. The van der Waals surface area contributed by atoms with Gasteiger partial charge in [-0.05, 0) is 42.0 Å². The first-order valence-electron chi connectivity index (χ1n) is 8.32. The molecule has 2 amide bonds. The van der Waals surface area contributed by atoms with Gasteiger partial charge in [0.05, 0.1) is 7.11 Å². The number of methoxy groups -OCH3 is 1. The molecule has 0 unspecified atom stereocenters. The molecule has 2 aromatic carbocycles. The van der Waals surface area contributed by atoms with Gasteiger partial charge >= 0.3 is 0 Å². The van der Waals surface area contributed by atoms with Crippen LogP contribution in [0, 0.1) is 5.82 Å². The molecule has 0 spiro atoms. The predicted molar refractivity (Wildman–Crippen MR) is 99.4 cm³/mol. The number of carbonyl (C=O) groups excluding carboxylic acids is 2. The Bertz CT molecular complexity index is 806. The molecule has 0 N–H and O–H groups in total. The molecule has 0 heterocycles. The zero-order valence-electron chi connectivity index (χ0n) is 15.9. The summed E-state index contributed by atoms with van der Waals surface area (Å²) in [7, 11) is 6.37. The third kappa shape index (κ3) is 5.44. The van der Waals surface area contributed by atoms with Crippen molar-refractivity contribution in [2.45, 2.75) is 6.54 Å². The lowest BCUT2D eigenvalue weighted by molar-refractivity contribution is -0.132. The van der Waals surface area contributed by atoms with Gasteiger partial charge in [-0.15, -0.1) is 0 Å². The van der Waals surface area contributed by atoms with E-state index in [4.69, 9.17) is 9.47 Å². The topological polar surface area (TPSA) is 59.1 Å². The Balaban J connectivity index is 1.89. The maximum atomic E-state index is 13.7. The normalized spacial score (nSPS) is 10.3. The Kier molecular flexibility index (Phi) is 6.76. The van der Waals surface area contributed by atoms with Gasteiger partial charge < -0.3 is 19.3 Å². The van der Waals surface area contributed by atoms with Crippen LogP contribution in [0.1, 0.15) is 15.9 Å². The van der Waals surface area contributed by atoms with E-state index in [0.29, 0.717) is 16.9 Å². The molecule has 0 radical (unpaired) electrons. The summed E-state index contributed by atoms with van der Waals surface area (Å²) in [6.45, 7) is 0.0928. The summed E-state index contributed by atoms with van der Waals surface area (Å²) >= 11 is 0. The minimum absolute atomic E-state index is 0.107. The van der Waals surface area contributed by atoms with E-state index in [2.05, 4.69) is 0 Å². The van der Waals surface area contributed by atoms with E-state index in [1.54, 1.807) is 51.5 Å². The average Bonchev–Trinajstić information content (AvgIpc) is 2.66. The minimum atomic E-state index is -0.473. The van der Waals surface area contributed by atoms with Gasteiger partial charge in [0.25, 0.3) is 11.8 Å². The molecule has 2 rings (SSSR count). The molecule has 2 aromatic rings. The van der Waals surface area contributed by atoms with Crippen LogP contribution in [0.15, 0.2) is 42.5 Å². The van der Waals surface area contributed by atoms with Crippen LogP contribution in [0.3, 0.4) is 0 Å². The van der Waals surface area contributed by atoms with E-state index in [1.165, 1.54) is 29.0 Å². The van der Waals surface area contributed by atoms with E-state index < -0.39 is 5.82 Å². The standard InChI is InChI=1S/C20H23FN2O4/c1-22(2)20(25)15-6-8-16(9-7-15)27-13-19(24)23(3)12-14-5-10-18(26-4)17(21)11-14/h5-11H,12-13H2,1-4H3. The lowest BCUT2D eigenvalue weighted by Gasteiger charge is -2.18. The molecule has 0 aromatic heterocycles. The number of hydrogen-bond acceptors (Lipinski definition) is 4. The van der Waals surface area contributed by atoms with Crippen molar-refractivity contribution in [1.82, 2.24) is 9.80 Å². The number of halogens is 1. The highest BCUT2D eigenvalue weighted by Gasteiger charge is 2.13. The first-order chi connectivity index (χ1) is 12.8. The summed E-state index contributed by atoms with van der Waals surface area (Å²) in [5.41, 5.74) is 1.19. The average molecular weight is 374 g/mol. The van der Waals surface area contributed by atoms with E-state index in [1.807, 2.05) is 0 Å². The van der Waals surface area contributed by atoms with Crippen LogP contribution in [0.5, 0.6) is 11.5 Å². The highest BCUT2D eigenvalue weighted by Crippen LogP contribution is 2.18. The van der Waals surface area contributed by atoms with E-state index >= 15 is 0 Å². The lowest BCUT2D eigenvalue weighted by atomic mass is 10.2. The largest absolute Gasteiger partial charge is 0.494 e. The molecule has 0 fully saturated rings. The van der Waals surface area contributed by atoms with Crippen LogP contribution in [0.25, 0.3) is 0 Å². The number of benzene rings is 2. The van der Waals surface area contributed by atoms with Crippen molar-refractivity contribution in [3.05, 3.63) is 59.4 Å². The number of amides is 2. The molecule has 0 atom stereocenters. The Morgan fingerprint density at radius 3 is 2.26 bits per heavy atom. The summed E-state index contributed by atoms with van der Waals surface area (Å²) < 4.78 is 24.1. The maximum Gasteiger partial charge on any atom is 0.260 e. The van der Waals surface area contributed by atoms with Crippen molar-refractivity contribution in [1.29, 1.82) is 0 Å². The molecule has 0 aliphatic carbocycles. The number of likely N-dealkylation sites (N-methyl/N-ethyl adjacent to an activating group) is 1. The van der Waals surface area contributed by atoms with Gasteiger partial charge in [-0.2, -0.15) is 0 Å². The van der Waals surface area contributed by atoms with Crippen LogP contribution < -0.4 is 9.47 Å². The molecular weight excluding hydrogens is 351 g/mol. The Morgan fingerprint density at radius 2 is 1.70 bits per heavy atom. The van der Waals surface area contributed by atoms with Crippen molar-refractivity contribution >= 4 is 11.8 Å². The fraction of sp³-hybridized carbons (Fsp3) is 0.300. The van der Waals surface area contributed by atoms with Gasteiger partial charge in [0, 0.05) is 33.3 Å². The van der Waals surface area contributed by atoms with Gasteiger partial charge in [0.15, 0.2) is 18.2 Å². The molecule has 144 valence electrons. The third-order valence-corrected chi connectivity index (χ3v) is 3.93. The monoisotopic (exact) mass is 374 g/mol. The van der Waals surface area contributed by atoms with Crippen LogP contribution in [0.2, 0.25) is 0 Å². The Morgan fingerprint density at radius 1 is 1.04 bits per heavy atom. The lowest BCUT2D eigenvalue weighted by Crippen LogP contribution is -2.31. The second kappa shape index (κ2) is 9.02. The molecule has 0 bridgehead atoms. The van der Waals surface area contributed by atoms with E-state index in [-0.39, 0.29) is 30.7 Å². The quantitative estimate of drug-likeness (QED) is 0.747. The van der Waals surface area contributed by atoms with Crippen molar-refractivity contribution in [2.75, 3.05) is 34.9 Å². The number of carbonyl (C=O) groups is 2. The van der Waals surface area contributed by atoms with E-state index in [9.17, 15) is 14.0 Å². The maximum absolute atomic E-state index is 13.7. The fourth-order valence-corrected chi connectivity index (χ4v) is 2.38. The van der Waals surface area contributed by atoms with Crippen LogP contribution in [-0.2, 0) is 11.3 Å². The number of ether oxygens (including phenoxy) is 2. The summed E-state index contributed by atoms with van der Waals surface area (Å²) in [5.74, 6) is -0.182. The van der Waals surface area contributed by atoms with Gasteiger partial charge in [0.1, 0.15) is 5.75 Å². The van der Waals surface area contributed by atoms with Gasteiger partial charge in [-0.25, -0.2) is 4.39 Å². The zero-order valence-corrected chi connectivity index (χ0v) is 15.9. The summed E-state index contributed by atoms with van der Waals surface area (Å²) in [4.78, 5) is 27.0. The smallest absolute Gasteiger partial charge is 0.260 e. The van der Waals surface area contributed by atoms with Gasteiger partial charge in [-0.3, -0.25) is 9.59 Å². The minimum Gasteiger partial charge on any atom is -0.494 e. The number of rotatable bonds is 7. The predicted octanol–water partition coefficient (Wildman–Crippen LogP) is 2.57. The van der Waals surface area contributed by atoms with Crippen molar-refractivity contribution < 1.29 is 23.5 Å². The first-order valence-corrected chi connectivity index (χ1v) is 8.32. The summed E-state index contributed by atoms with van der Waals surface area (Å²) in [5, 5.41) is 0. The van der Waals surface area contributed by atoms with Crippen molar-refractivity contribution in [3.8, 4) is 11.5 Å². The van der Waals surface area contributed by atoms with Crippen molar-refractivity contribution in [3.63, 3.8) is 0 Å². The van der Waals surface area contributed by atoms with Gasteiger partial charge in [0.2, 0.25) is 0 Å². The molecule has 0 saturated heterocycles. The number of nitrogens with zero attached hydrogens (tertiary/aromatic N) is 2. The second-order valence-corrected chi connectivity index (χ2v) is 6.23. The fourth-order valence-electron chi connectivity index (χ4n) is 2.38. The summed E-state index contributed by atoms with van der Waals surface area (Å²) in [6.07, 6.45) is 0. The molecule has 0 aliphatic heterocycles. The molecule has 7 heteroatoms. The van der Waals surface area contributed by atoms with E-state index in [0.717, 1.165) is 0 Å². The molecule has 6 nitrogen and oxygen atoms in total. The first kappa shape index (κ1) is 20.2. The Labute approximate surface area is 158 Å². The van der Waals surface area contributed by atoms with Crippen LogP contribution in [0.4, 0.5) is 4.39 Å². The zero-order chi connectivity index (χ0) is 20.0. The molecule has 0 aliphatic rings. The van der Waals surface area contributed by atoms with Crippen LogP contribution >= 0.6 is 0 Å². The highest BCUT2D eigenvalue weighted by atomic mass is 19.1. The van der Waals surface area contributed by atoms with Crippen LogP contribution in [-0.4, -0.2) is 56.5 Å². The molecule has 0 saturated carbocycles. The third-order valence-electron chi connectivity index (χ3n) is 3.93. The van der Waals surface area contributed by atoms with Gasteiger partial charge in [-0.1, -0.05) is 6.07 Å². The number of hydrogen-bond donors (Lipinski definition) is 0. The Hall–Kier alpha value is -3.09. The summed E-state index contributed by atoms with van der Waals surface area (Å²) in [6, 6.07) is 11.1. The molecule has 27 heavy (non-hydrogen) atoms. The second-order valence-electron chi connectivity index (χ2n) is 6.23. The SMILES string of the molecule is COc1ccc(CN(C)C(=O)COc2ccc(C(=O)N(C)C)cc2)cc1F. The van der Waals surface area contributed by atoms with Crippen molar-refractivity contribution in [2.24, 2.45) is 0 Å².